The van der Waals surface area contributed by atoms with E-state index < -0.39 is 11.7 Å². The van der Waals surface area contributed by atoms with Gasteiger partial charge in [-0.2, -0.15) is 5.10 Å². The van der Waals surface area contributed by atoms with Gasteiger partial charge in [0.25, 0.3) is 5.91 Å². The van der Waals surface area contributed by atoms with Crippen LogP contribution in [-0.2, 0) is 11.3 Å². The minimum absolute atomic E-state index is 0.0306. The van der Waals surface area contributed by atoms with Crippen LogP contribution in [0.5, 0.6) is 17.2 Å². The molecule has 3 aromatic rings. The summed E-state index contributed by atoms with van der Waals surface area (Å²) in [6, 6.07) is 13.4. The summed E-state index contributed by atoms with van der Waals surface area (Å²) in [5.41, 5.74) is 0.513. The first-order valence-electron chi connectivity index (χ1n) is 8.75. The van der Waals surface area contributed by atoms with Crippen LogP contribution in [0.4, 0.5) is 10.1 Å². The Labute approximate surface area is 160 Å². The number of fused-ring (bicyclic) bond motifs is 1. The van der Waals surface area contributed by atoms with E-state index in [0.29, 0.717) is 24.6 Å². The molecular weight excluding hydrogens is 365 g/mol. The third kappa shape index (κ3) is 4.22. The van der Waals surface area contributed by atoms with Gasteiger partial charge in [-0.05, 0) is 24.3 Å². The summed E-state index contributed by atoms with van der Waals surface area (Å²) in [5.74, 6) is 0.531. The number of nitrogens with zero attached hydrogens (tertiary/aromatic N) is 2. The molecule has 8 heteroatoms. The highest BCUT2D eigenvalue weighted by molar-refractivity contribution is 5.91. The first-order valence-corrected chi connectivity index (χ1v) is 8.75. The molecule has 1 atom stereocenters. The summed E-state index contributed by atoms with van der Waals surface area (Å²) >= 11 is 0. The van der Waals surface area contributed by atoms with Crippen molar-refractivity contribution in [2.75, 3.05) is 18.5 Å². The van der Waals surface area contributed by atoms with Crippen molar-refractivity contribution in [3.8, 4) is 17.2 Å². The maximum absolute atomic E-state index is 13.5. The number of hydrogen-bond acceptors (Lipinski definition) is 5. The Morgan fingerprint density at radius 3 is 2.86 bits per heavy atom. The molecule has 1 aliphatic heterocycles. The van der Waals surface area contributed by atoms with E-state index in [-0.39, 0.29) is 18.5 Å². The molecule has 0 unspecified atom stereocenters. The standard InChI is InChI=1S/C20H18FN3O4/c21-16-5-1-2-6-17(16)27-13-20(25)23-14-9-22-24(10-14)11-15-12-26-18-7-3-4-8-19(18)28-15/h1-10,15H,11-13H2,(H,23,25)/t15-/m1/s1. The molecule has 1 amide bonds. The largest absolute Gasteiger partial charge is 0.486 e. The van der Waals surface area contributed by atoms with Gasteiger partial charge in [0.2, 0.25) is 0 Å². The Morgan fingerprint density at radius 1 is 1.21 bits per heavy atom. The van der Waals surface area contributed by atoms with Crippen molar-refractivity contribution in [1.29, 1.82) is 0 Å². The van der Waals surface area contributed by atoms with Gasteiger partial charge in [0.05, 0.1) is 18.4 Å². The van der Waals surface area contributed by atoms with Crippen LogP contribution in [0.1, 0.15) is 0 Å². The van der Waals surface area contributed by atoms with Crippen molar-refractivity contribution in [2.24, 2.45) is 0 Å². The highest BCUT2D eigenvalue weighted by Gasteiger charge is 2.21. The molecule has 144 valence electrons. The van der Waals surface area contributed by atoms with Crippen molar-refractivity contribution in [3.63, 3.8) is 0 Å². The lowest BCUT2D eigenvalue weighted by Crippen LogP contribution is -2.33. The van der Waals surface area contributed by atoms with Crippen LogP contribution in [0.3, 0.4) is 0 Å². The molecule has 0 bridgehead atoms. The predicted molar refractivity (Wildman–Crippen MR) is 99.1 cm³/mol. The summed E-state index contributed by atoms with van der Waals surface area (Å²) in [7, 11) is 0. The Bertz CT molecular complexity index is 975. The van der Waals surface area contributed by atoms with Gasteiger partial charge in [0.1, 0.15) is 6.61 Å². The quantitative estimate of drug-likeness (QED) is 0.709. The normalized spacial score (nSPS) is 15.1. The second kappa shape index (κ2) is 7.99. The van der Waals surface area contributed by atoms with Crippen LogP contribution in [-0.4, -0.2) is 35.0 Å². The van der Waals surface area contributed by atoms with Gasteiger partial charge in [0, 0.05) is 6.20 Å². The second-order valence-corrected chi connectivity index (χ2v) is 6.22. The number of amides is 1. The predicted octanol–water partition coefficient (Wildman–Crippen LogP) is 2.88. The highest BCUT2D eigenvalue weighted by atomic mass is 19.1. The molecule has 0 fully saturated rings. The van der Waals surface area contributed by atoms with E-state index >= 15 is 0 Å². The number of hydrogen-bond donors (Lipinski definition) is 1. The summed E-state index contributed by atoms with van der Waals surface area (Å²) in [6.07, 6.45) is 3.02. The van der Waals surface area contributed by atoms with Crippen molar-refractivity contribution < 1.29 is 23.4 Å². The first-order chi connectivity index (χ1) is 13.7. The number of carbonyl (C=O) groups is 1. The molecule has 0 spiro atoms. The summed E-state index contributed by atoms with van der Waals surface area (Å²) < 4.78 is 31.9. The minimum Gasteiger partial charge on any atom is -0.486 e. The van der Waals surface area contributed by atoms with Gasteiger partial charge < -0.3 is 19.5 Å². The fraction of sp³-hybridized carbons (Fsp3) is 0.200. The van der Waals surface area contributed by atoms with E-state index in [1.54, 1.807) is 23.0 Å². The fourth-order valence-corrected chi connectivity index (χ4v) is 2.79. The lowest BCUT2D eigenvalue weighted by molar-refractivity contribution is -0.118. The van der Waals surface area contributed by atoms with Crippen LogP contribution in [0, 0.1) is 5.82 Å². The van der Waals surface area contributed by atoms with Crippen molar-refractivity contribution in [1.82, 2.24) is 9.78 Å². The lowest BCUT2D eigenvalue weighted by atomic mass is 10.2. The average molecular weight is 383 g/mol. The van der Waals surface area contributed by atoms with Gasteiger partial charge in [-0.3, -0.25) is 9.48 Å². The topological polar surface area (TPSA) is 74.6 Å². The Balaban J connectivity index is 1.29. The monoisotopic (exact) mass is 383 g/mol. The fourth-order valence-electron chi connectivity index (χ4n) is 2.79. The van der Waals surface area contributed by atoms with E-state index in [1.165, 1.54) is 18.3 Å². The van der Waals surface area contributed by atoms with Gasteiger partial charge >= 0.3 is 0 Å². The average Bonchev–Trinajstić information content (AvgIpc) is 3.14. The second-order valence-electron chi connectivity index (χ2n) is 6.22. The zero-order chi connectivity index (χ0) is 19.3. The highest BCUT2D eigenvalue weighted by Crippen LogP contribution is 2.31. The van der Waals surface area contributed by atoms with Crippen molar-refractivity contribution >= 4 is 11.6 Å². The maximum Gasteiger partial charge on any atom is 0.262 e. The molecule has 1 aliphatic rings. The van der Waals surface area contributed by atoms with Gasteiger partial charge in [-0.15, -0.1) is 0 Å². The molecule has 2 heterocycles. The van der Waals surface area contributed by atoms with E-state index in [2.05, 4.69) is 10.4 Å². The number of rotatable bonds is 6. The van der Waals surface area contributed by atoms with Crippen molar-refractivity contribution in [2.45, 2.75) is 12.6 Å². The lowest BCUT2D eigenvalue weighted by Gasteiger charge is -2.26. The van der Waals surface area contributed by atoms with E-state index in [9.17, 15) is 9.18 Å². The summed E-state index contributed by atoms with van der Waals surface area (Å²) in [4.78, 5) is 12.0. The van der Waals surface area contributed by atoms with Gasteiger partial charge in [-0.25, -0.2) is 4.39 Å². The zero-order valence-electron chi connectivity index (χ0n) is 14.9. The van der Waals surface area contributed by atoms with Gasteiger partial charge in [-0.1, -0.05) is 24.3 Å². The molecule has 4 rings (SSSR count). The molecule has 2 aromatic carbocycles. The molecule has 28 heavy (non-hydrogen) atoms. The molecule has 0 saturated heterocycles. The number of carbonyl (C=O) groups excluding carboxylic acids is 1. The van der Waals surface area contributed by atoms with Crippen LogP contribution >= 0.6 is 0 Å². The van der Waals surface area contributed by atoms with Crippen molar-refractivity contribution in [3.05, 3.63) is 66.7 Å². The van der Waals surface area contributed by atoms with Crippen LogP contribution in [0.2, 0.25) is 0 Å². The Kier molecular flexibility index (Phi) is 5.09. The van der Waals surface area contributed by atoms with Crippen LogP contribution < -0.4 is 19.5 Å². The molecular formula is C20H18FN3O4. The smallest absolute Gasteiger partial charge is 0.262 e. The minimum atomic E-state index is -0.514. The van der Waals surface area contributed by atoms with Crippen LogP contribution in [0.25, 0.3) is 0 Å². The first kappa shape index (κ1) is 17.8. The molecule has 0 aliphatic carbocycles. The third-order valence-electron chi connectivity index (χ3n) is 4.07. The molecule has 7 nitrogen and oxygen atoms in total. The third-order valence-corrected chi connectivity index (χ3v) is 4.07. The number of para-hydroxylation sites is 3. The number of ether oxygens (including phenoxy) is 3. The Morgan fingerprint density at radius 2 is 2.00 bits per heavy atom. The molecule has 1 aromatic heterocycles. The zero-order valence-corrected chi connectivity index (χ0v) is 14.9. The summed E-state index contributed by atoms with van der Waals surface area (Å²) in [5, 5.41) is 6.88. The molecule has 1 N–H and O–H groups in total. The van der Waals surface area contributed by atoms with E-state index in [0.717, 1.165) is 5.75 Å². The van der Waals surface area contributed by atoms with E-state index in [4.69, 9.17) is 14.2 Å². The number of benzene rings is 2. The number of nitrogens with one attached hydrogen (secondary N) is 1. The SMILES string of the molecule is O=C(COc1ccccc1F)Nc1cnn(C[C@@H]2COc3ccccc3O2)c1. The molecule has 0 radical (unpaired) electrons. The van der Waals surface area contributed by atoms with Gasteiger partial charge in [0.15, 0.2) is 35.8 Å². The number of aromatic nitrogens is 2. The number of anilines is 1. The summed E-state index contributed by atoms with van der Waals surface area (Å²) in [6.45, 7) is 0.577. The number of halogens is 1. The Hall–Kier alpha value is -3.55. The van der Waals surface area contributed by atoms with Crippen LogP contribution in [0.15, 0.2) is 60.9 Å². The molecule has 0 saturated carbocycles. The maximum atomic E-state index is 13.5. The van der Waals surface area contributed by atoms with E-state index in [1.807, 2.05) is 24.3 Å².